The smallest absolute Gasteiger partial charge is 0.339 e. The molecule has 4 atom stereocenters. The number of alkyl halides is 2. The van der Waals surface area contributed by atoms with Gasteiger partial charge in [-0.3, -0.25) is 9.69 Å². The van der Waals surface area contributed by atoms with E-state index in [2.05, 4.69) is 15.7 Å². The molecule has 0 aromatic heterocycles. The van der Waals surface area contributed by atoms with Gasteiger partial charge in [0.25, 0.3) is 6.43 Å². The quantitative estimate of drug-likeness (QED) is 0.317. The molecule has 3 heterocycles. The molecule has 0 amide bonds. The number of fused-ring (bicyclic) bond motifs is 3. The summed E-state index contributed by atoms with van der Waals surface area (Å²) in [6, 6.07) is 3.96. The van der Waals surface area contributed by atoms with Crippen LogP contribution in [0.1, 0.15) is 76.3 Å². The fourth-order valence-electron chi connectivity index (χ4n) is 6.95. The number of ether oxygens (including phenoxy) is 4. The van der Waals surface area contributed by atoms with Crippen molar-refractivity contribution in [2.75, 3.05) is 26.5 Å². The molecule has 1 aromatic carbocycles. The second-order valence-electron chi connectivity index (χ2n) is 12.4. The second kappa shape index (κ2) is 11.1. The zero-order valence-electron chi connectivity index (χ0n) is 23.8. The lowest BCUT2D eigenvalue weighted by atomic mass is 9.77. The third-order valence-corrected chi connectivity index (χ3v) is 8.78. The Hall–Kier alpha value is -2.76. The van der Waals surface area contributed by atoms with Crippen LogP contribution in [0.4, 0.5) is 8.78 Å². The van der Waals surface area contributed by atoms with Crippen LogP contribution in [0.3, 0.4) is 0 Å². The van der Waals surface area contributed by atoms with E-state index in [0.29, 0.717) is 11.5 Å². The van der Waals surface area contributed by atoms with Crippen LogP contribution >= 0.6 is 0 Å². The molecule has 226 valence electrons. The molecule has 41 heavy (non-hydrogen) atoms. The second-order valence-corrected chi connectivity index (χ2v) is 12.4. The summed E-state index contributed by atoms with van der Waals surface area (Å²) in [6.45, 7) is 5.81. The Morgan fingerprint density at radius 2 is 1.90 bits per heavy atom. The van der Waals surface area contributed by atoms with E-state index in [-0.39, 0.29) is 37.5 Å². The van der Waals surface area contributed by atoms with Gasteiger partial charge in [0.1, 0.15) is 6.10 Å². The molecule has 0 radical (unpaired) electrons. The van der Waals surface area contributed by atoms with Crippen LogP contribution in [0.5, 0.6) is 11.5 Å². The van der Waals surface area contributed by atoms with Crippen LogP contribution in [0.25, 0.3) is 0 Å². The van der Waals surface area contributed by atoms with E-state index in [1.165, 1.54) is 0 Å². The number of rotatable bonds is 10. The van der Waals surface area contributed by atoms with Crippen molar-refractivity contribution in [2.24, 2.45) is 0 Å². The molecule has 1 saturated heterocycles. The molecule has 1 fully saturated rings. The van der Waals surface area contributed by atoms with Crippen molar-refractivity contribution in [3.05, 3.63) is 34.9 Å². The number of benzene rings is 1. The number of carbonyl (C=O) groups excluding carboxylic acids is 2. The predicted molar refractivity (Wildman–Crippen MR) is 143 cm³/mol. The molecular weight excluding hydrogens is 540 g/mol. The molecule has 11 heteroatoms. The van der Waals surface area contributed by atoms with Gasteiger partial charge in [-0.05, 0) is 94.7 Å². The predicted octanol–water partition coefficient (Wildman–Crippen LogP) is 3.63. The summed E-state index contributed by atoms with van der Waals surface area (Å²) in [5.74, 6) is -1.12. The first-order valence-corrected chi connectivity index (χ1v) is 14.3. The lowest BCUT2D eigenvalue weighted by molar-refractivity contribution is -0.178. The summed E-state index contributed by atoms with van der Waals surface area (Å²) in [5, 5.41) is 21.7. The fraction of sp³-hybridized carbons (Fsp3) is 0.667. The summed E-state index contributed by atoms with van der Waals surface area (Å²) >= 11 is 0. The van der Waals surface area contributed by atoms with Gasteiger partial charge in [0.05, 0.1) is 17.6 Å². The van der Waals surface area contributed by atoms with Crippen molar-refractivity contribution in [2.45, 2.75) is 101 Å². The van der Waals surface area contributed by atoms with E-state index in [0.717, 1.165) is 49.1 Å². The zero-order chi connectivity index (χ0) is 29.6. The summed E-state index contributed by atoms with van der Waals surface area (Å²) < 4.78 is 47.3. The minimum Gasteiger partial charge on any atom is -0.460 e. The maximum atomic E-state index is 13.8. The zero-order valence-corrected chi connectivity index (χ0v) is 23.8. The molecule has 1 spiro atoms. The largest absolute Gasteiger partial charge is 0.460 e. The van der Waals surface area contributed by atoms with Crippen LogP contribution in [0.15, 0.2) is 23.8 Å². The van der Waals surface area contributed by atoms with Crippen LogP contribution in [-0.4, -0.2) is 82.8 Å². The van der Waals surface area contributed by atoms with Gasteiger partial charge in [0.2, 0.25) is 6.79 Å². The van der Waals surface area contributed by atoms with Crippen LogP contribution in [-0.2, 0) is 25.5 Å². The van der Waals surface area contributed by atoms with Crippen molar-refractivity contribution < 1.29 is 47.5 Å². The van der Waals surface area contributed by atoms with E-state index in [1.54, 1.807) is 13.8 Å². The Bertz CT molecular complexity index is 1210. The Labute approximate surface area is 238 Å². The van der Waals surface area contributed by atoms with Crippen molar-refractivity contribution in [1.29, 1.82) is 0 Å². The molecule has 3 aliphatic heterocycles. The van der Waals surface area contributed by atoms with E-state index < -0.39 is 48.7 Å². The Balaban J connectivity index is 1.45. The molecule has 1 aliphatic carbocycles. The molecule has 0 bridgehead atoms. The van der Waals surface area contributed by atoms with E-state index in [9.17, 15) is 28.6 Å². The Kier molecular flexibility index (Phi) is 8.08. The minimum atomic E-state index is -2.88. The molecule has 4 aliphatic rings. The first kappa shape index (κ1) is 29.7. The highest BCUT2D eigenvalue weighted by atomic mass is 19.3. The average molecular weight is 580 g/mol. The maximum absolute atomic E-state index is 13.8. The minimum absolute atomic E-state index is 0.134. The number of hydrogen-bond donors (Lipinski definition) is 2. The number of halogens is 2. The van der Waals surface area contributed by atoms with E-state index >= 15 is 0 Å². The van der Waals surface area contributed by atoms with E-state index in [4.69, 9.17) is 14.2 Å². The molecule has 0 saturated carbocycles. The van der Waals surface area contributed by atoms with Crippen LogP contribution in [0, 0.1) is 0 Å². The SMILES string of the molecule is CC1=C[C@]23CCCN2CCc2cc4c(cc2[C@@H]3C1OC(=O)[C@@](O)(CCCC(C)(C)O)CC(=O)OCC(F)F)OCO4. The van der Waals surface area contributed by atoms with Crippen molar-refractivity contribution in [3.8, 4) is 11.5 Å². The average Bonchev–Trinajstić information content (AvgIpc) is 3.55. The fourth-order valence-corrected chi connectivity index (χ4v) is 6.95. The van der Waals surface area contributed by atoms with Crippen molar-refractivity contribution in [3.63, 3.8) is 0 Å². The Morgan fingerprint density at radius 1 is 1.17 bits per heavy atom. The van der Waals surface area contributed by atoms with Crippen molar-refractivity contribution >= 4 is 11.9 Å². The monoisotopic (exact) mass is 579 g/mol. The van der Waals surface area contributed by atoms with Gasteiger partial charge in [0.15, 0.2) is 23.7 Å². The highest BCUT2D eigenvalue weighted by molar-refractivity contribution is 5.86. The van der Waals surface area contributed by atoms with Gasteiger partial charge in [0, 0.05) is 12.5 Å². The van der Waals surface area contributed by atoms with Gasteiger partial charge < -0.3 is 29.2 Å². The number of carbonyl (C=O) groups is 2. The van der Waals surface area contributed by atoms with Crippen molar-refractivity contribution in [1.82, 2.24) is 4.90 Å². The first-order chi connectivity index (χ1) is 19.3. The van der Waals surface area contributed by atoms with Gasteiger partial charge in [-0.1, -0.05) is 6.08 Å². The third kappa shape index (κ3) is 5.94. The summed E-state index contributed by atoms with van der Waals surface area (Å²) in [4.78, 5) is 28.6. The molecule has 1 unspecified atom stereocenters. The Morgan fingerprint density at radius 3 is 2.61 bits per heavy atom. The van der Waals surface area contributed by atoms with Gasteiger partial charge in [-0.25, -0.2) is 13.6 Å². The highest BCUT2D eigenvalue weighted by Gasteiger charge is 2.57. The van der Waals surface area contributed by atoms with Gasteiger partial charge >= 0.3 is 11.9 Å². The number of nitrogens with zero attached hydrogens (tertiary/aromatic N) is 1. The summed E-state index contributed by atoms with van der Waals surface area (Å²) in [7, 11) is 0. The summed E-state index contributed by atoms with van der Waals surface area (Å²) in [6.07, 6.45) is 0.563. The first-order valence-electron chi connectivity index (χ1n) is 14.3. The molecule has 2 N–H and O–H groups in total. The lowest BCUT2D eigenvalue weighted by Gasteiger charge is -2.40. The van der Waals surface area contributed by atoms with Gasteiger partial charge in [-0.2, -0.15) is 0 Å². The normalized spacial score (nSPS) is 26.5. The molecule has 5 rings (SSSR count). The van der Waals surface area contributed by atoms with Crippen LogP contribution < -0.4 is 9.47 Å². The number of aliphatic hydroxyl groups is 2. The standard InChI is InChI=1S/C30H39F2NO8/c1-18-14-29-8-5-10-33(29)11-6-19-12-21-22(40-17-39-21)13-20(19)25(29)26(18)41-27(35)30(37,9-4-7-28(2,3)36)15-24(34)38-16-23(31)32/h12-14,23,25-26,36-37H,4-11,15-17H2,1-3H3/t25-,26?,29+,30-/m1/s1. The lowest BCUT2D eigenvalue weighted by Crippen LogP contribution is -2.49. The van der Waals surface area contributed by atoms with Crippen LogP contribution in [0.2, 0.25) is 0 Å². The summed E-state index contributed by atoms with van der Waals surface area (Å²) in [5.41, 5.74) is -0.874. The molecular formula is C30H39F2NO8. The molecule has 9 nitrogen and oxygen atoms in total. The van der Waals surface area contributed by atoms with Gasteiger partial charge in [-0.15, -0.1) is 0 Å². The number of hydrogen-bond acceptors (Lipinski definition) is 9. The maximum Gasteiger partial charge on any atom is 0.339 e. The topological polar surface area (TPSA) is 115 Å². The van der Waals surface area contributed by atoms with E-state index in [1.807, 2.05) is 19.1 Å². The highest BCUT2D eigenvalue weighted by Crippen LogP contribution is 2.55. The number of esters is 2. The third-order valence-electron chi connectivity index (χ3n) is 8.78. The molecule has 1 aromatic rings.